The molecule has 1 aromatic rings. The number of rotatable bonds is 4. The van der Waals surface area contributed by atoms with E-state index in [4.69, 9.17) is 9.47 Å². The summed E-state index contributed by atoms with van der Waals surface area (Å²) in [6.07, 6.45) is -0.123. The molecule has 1 atom stereocenters. The van der Waals surface area contributed by atoms with Crippen LogP contribution in [0.4, 0.5) is 9.18 Å². The van der Waals surface area contributed by atoms with E-state index in [2.05, 4.69) is 0 Å². The van der Waals surface area contributed by atoms with Crippen molar-refractivity contribution in [2.75, 3.05) is 14.2 Å². The Morgan fingerprint density at radius 2 is 1.86 bits per heavy atom. The van der Waals surface area contributed by atoms with Crippen LogP contribution in [0.3, 0.4) is 0 Å². The zero-order valence-electron chi connectivity index (χ0n) is 13.8. The highest BCUT2D eigenvalue weighted by Crippen LogP contribution is 2.34. The fourth-order valence-electron chi connectivity index (χ4n) is 1.92. The van der Waals surface area contributed by atoms with Gasteiger partial charge in [-0.05, 0) is 45.9 Å². The molecule has 0 N–H and O–H groups in total. The summed E-state index contributed by atoms with van der Waals surface area (Å²) in [5.74, 6) is -0.215. The third kappa shape index (κ3) is 3.75. The van der Waals surface area contributed by atoms with Crippen LogP contribution >= 0.6 is 0 Å². The van der Waals surface area contributed by atoms with Gasteiger partial charge in [0.2, 0.25) is 0 Å². The van der Waals surface area contributed by atoms with E-state index >= 15 is 0 Å². The standard InChI is InChI=1S/C16H22FNO4/c1-15(2,3)22-14(20)18(5)16(4,10-19)12-9-11(17)7-8-13(12)21-6/h7-10H,1-6H3. The summed E-state index contributed by atoms with van der Waals surface area (Å²) in [7, 11) is 2.84. The summed E-state index contributed by atoms with van der Waals surface area (Å²) in [5, 5.41) is 0. The SMILES string of the molecule is COc1ccc(F)cc1C(C)(C=O)N(C)C(=O)OC(C)(C)C. The Bertz CT molecular complexity index is 568. The molecule has 0 aliphatic carbocycles. The van der Waals surface area contributed by atoms with Gasteiger partial charge in [-0.15, -0.1) is 0 Å². The van der Waals surface area contributed by atoms with Gasteiger partial charge in [0.25, 0.3) is 0 Å². The minimum Gasteiger partial charge on any atom is -0.496 e. The molecule has 0 spiro atoms. The lowest BCUT2D eigenvalue weighted by Gasteiger charge is -2.36. The van der Waals surface area contributed by atoms with Gasteiger partial charge in [-0.25, -0.2) is 9.18 Å². The van der Waals surface area contributed by atoms with Gasteiger partial charge in [0.05, 0.1) is 7.11 Å². The molecular weight excluding hydrogens is 289 g/mol. The van der Waals surface area contributed by atoms with Gasteiger partial charge in [-0.1, -0.05) is 0 Å². The number of ether oxygens (including phenoxy) is 2. The molecule has 0 aliphatic rings. The van der Waals surface area contributed by atoms with Crippen molar-refractivity contribution in [2.24, 2.45) is 0 Å². The average molecular weight is 311 g/mol. The van der Waals surface area contributed by atoms with Crippen molar-refractivity contribution in [3.63, 3.8) is 0 Å². The molecule has 1 aromatic carbocycles. The molecular formula is C16H22FNO4. The molecule has 1 rings (SSSR count). The smallest absolute Gasteiger partial charge is 0.411 e. The molecule has 1 amide bonds. The first-order valence-electron chi connectivity index (χ1n) is 6.82. The van der Waals surface area contributed by atoms with E-state index in [1.54, 1.807) is 20.8 Å². The molecule has 1 unspecified atom stereocenters. The largest absolute Gasteiger partial charge is 0.496 e. The minimum atomic E-state index is -1.42. The number of likely N-dealkylation sites (N-methyl/N-ethyl adjacent to an activating group) is 1. The van der Waals surface area contributed by atoms with Crippen molar-refractivity contribution >= 4 is 12.4 Å². The fourth-order valence-corrected chi connectivity index (χ4v) is 1.92. The lowest BCUT2D eigenvalue weighted by atomic mass is 9.91. The lowest BCUT2D eigenvalue weighted by Crippen LogP contribution is -2.48. The number of benzene rings is 1. The monoisotopic (exact) mass is 311 g/mol. The van der Waals surface area contributed by atoms with Gasteiger partial charge in [0.15, 0.2) is 0 Å². The van der Waals surface area contributed by atoms with E-state index in [0.717, 1.165) is 4.90 Å². The van der Waals surface area contributed by atoms with Crippen LogP contribution in [0.5, 0.6) is 5.75 Å². The van der Waals surface area contributed by atoms with Gasteiger partial charge in [-0.3, -0.25) is 4.90 Å². The first-order valence-corrected chi connectivity index (χ1v) is 6.82. The van der Waals surface area contributed by atoms with Crippen LogP contribution in [-0.4, -0.2) is 37.0 Å². The van der Waals surface area contributed by atoms with E-state index in [0.29, 0.717) is 12.0 Å². The highest BCUT2D eigenvalue weighted by atomic mass is 19.1. The Kier molecular flexibility index (Phi) is 5.17. The van der Waals surface area contributed by atoms with Crippen LogP contribution in [0.15, 0.2) is 18.2 Å². The molecule has 0 bridgehead atoms. The number of halogens is 1. The third-order valence-electron chi connectivity index (χ3n) is 3.30. The normalized spacial score (nSPS) is 14.0. The molecule has 0 saturated carbocycles. The van der Waals surface area contributed by atoms with E-state index in [1.165, 1.54) is 39.3 Å². The molecule has 5 nitrogen and oxygen atoms in total. The van der Waals surface area contributed by atoms with Crippen LogP contribution in [0, 0.1) is 5.82 Å². The zero-order chi connectivity index (χ0) is 17.1. The van der Waals surface area contributed by atoms with Gasteiger partial charge in [0, 0.05) is 12.6 Å². The number of amides is 1. The van der Waals surface area contributed by atoms with Crippen molar-refractivity contribution in [1.82, 2.24) is 4.90 Å². The number of methoxy groups -OCH3 is 1. The van der Waals surface area contributed by atoms with Crippen molar-refractivity contribution in [3.05, 3.63) is 29.6 Å². The summed E-state index contributed by atoms with van der Waals surface area (Å²) < 4.78 is 24.0. The maximum absolute atomic E-state index is 13.6. The van der Waals surface area contributed by atoms with E-state index in [-0.39, 0.29) is 5.56 Å². The second kappa shape index (κ2) is 6.34. The van der Waals surface area contributed by atoms with Crippen LogP contribution in [0.2, 0.25) is 0 Å². The predicted octanol–water partition coefficient (Wildman–Crippen LogP) is 3.12. The number of hydrogen-bond acceptors (Lipinski definition) is 4. The first-order chi connectivity index (χ1) is 10.0. The van der Waals surface area contributed by atoms with Crippen molar-refractivity contribution in [2.45, 2.75) is 38.8 Å². The Morgan fingerprint density at radius 1 is 1.27 bits per heavy atom. The van der Waals surface area contributed by atoms with E-state index in [9.17, 15) is 14.0 Å². The van der Waals surface area contributed by atoms with Crippen molar-refractivity contribution in [1.29, 1.82) is 0 Å². The highest BCUT2D eigenvalue weighted by Gasteiger charge is 2.39. The molecule has 0 heterocycles. The highest BCUT2D eigenvalue weighted by molar-refractivity contribution is 5.78. The van der Waals surface area contributed by atoms with Crippen molar-refractivity contribution in [3.8, 4) is 5.75 Å². The lowest BCUT2D eigenvalue weighted by molar-refractivity contribution is -0.117. The van der Waals surface area contributed by atoms with Crippen LogP contribution in [0.1, 0.15) is 33.3 Å². The van der Waals surface area contributed by atoms with Gasteiger partial charge in [-0.2, -0.15) is 0 Å². The van der Waals surface area contributed by atoms with Crippen LogP contribution in [-0.2, 0) is 15.1 Å². The number of carbonyl (C=O) groups excluding carboxylic acids is 2. The quantitative estimate of drug-likeness (QED) is 0.802. The topological polar surface area (TPSA) is 55.8 Å². The molecule has 0 radical (unpaired) electrons. The average Bonchev–Trinajstić information content (AvgIpc) is 2.43. The second-order valence-corrected chi connectivity index (χ2v) is 6.15. The summed E-state index contributed by atoms with van der Waals surface area (Å²) in [5.41, 5.74) is -1.88. The fraction of sp³-hybridized carbons (Fsp3) is 0.500. The zero-order valence-corrected chi connectivity index (χ0v) is 13.8. The van der Waals surface area contributed by atoms with Gasteiger partial charge >= 0.3 is 6.09 Å². The van der Waals surface area contributed by atoms with Crippen LogP contribution in [0.25, 0.3) is 0 Å². The summed E-state index contributed by atoms with van der Waals surface area (Å²) in [4.78, 5) is 25.1. The molecule has 6 heteroatoms. The molecule has 0 aromatic heterocycles. The Balaban J connectivity index is 3.29. The maximum Gasteiger partial charge on any atom is 0.411 e. The van der Waals surface area contributed by atoms with E-state index < -0.39 is 23.1 Å². The van der Waals surface area contributed by atoms with E-state index in [1.807, 2.05) is 0 Å². The number of hydrogen-bond donors (Lipinski definition) is 0. The maximum atomic E-state index is 13.6. The Morgan fingerprint density at radius 3 is 2.32 bits per heavy atom. The molecule has 122 valence electrons. The summed E-state index contributed by atoms with van der Waals surface area (Å²) in [6.45, 7) is 6.67. The second-order valence-electron chi connectivity index (χ2n) is 6.15. The summed E-state index contributed by atoms with van der Waals surface area (Å²) in [6, 6.07) is 3.81. The number of carbonyl (C=O) groups is 2. The van der Waals surface area contributed by atoms with Crippen molar-refractivity contribution < 1.29 is 23.5 Å². The molecule has 22 heavy (non-hydrogen) atoms. The first kappa shape index (κ1) is 17.9. The number of aldehydes is 1. The minimum absolute atomic E-state index is 0.248. The predicted molar refractivity (Wildman–Crippen MR) is 80.4 cm³/mol. The van der Waals surface area contributed by atoms with Gasteiger partial charge < -0.3 is 14.3 Å². The molecule has 0 saturated heterocycles. The summed E-state index contributed by atoms with van der Waals surface area (Å²) >= 11 is 0. The Hall–Kier alpha value is -2.11. The number of nitrogens with zero attached hydrogens (tertiary/aromatic N) is 1. The third-order valence-corrected chi connectivity index (χ3v) is 3.30. The van der Waals surface area contributed by atoms with Crippen LogP contribution < -0.4 is 4.74 Å². The molecule has 0 aliphatic heterocycles. The van der Waals surface area contributed by atoms with Gasteiger partial charge in [0.1, 0.15) is 29.0 Å². The molecule has 0 fully saturated rings. The Labute approximate surface area is 130 Å².